The lowest BCUT2D eigenvalue weighted by Gasteiger charge is -2.07. The molecule has 21 heavy (non-hydrogen) atoms. The second-order valence-electron chi connectivity index (χ2n) is 4.96. The predicted molar refractivity (Wildman–Crippen MR) is 86.2 cm³/mol. The van der Waals surface area contributed by atoms with E-state index in [0.717, 1.165) is 31.0 Å². The molecule has 2 aromatic carbocycles. The predicted octanol–water partition coefficient (Wildman–Crippen LogP) is 3.69. The maximum Gasteiger partial charge on any atom is 0.231 e. The van der Waals surface area contributed by atoms with Gasteiger partial charge in [-0.25, -0.2) is 0 Å². The van der Waals surface area contributed by atoms with E-state index in [1.807, 2.05) is 12.1 Å². The summed E-state index contributed by atoms with van der Waals surface area (Å²) in [5.74, 6) is 1.68. The number of hydrogen-bond donors (Lipinski definition) is 1. The van der Waals surface area contributed by atoms with Gasteiger partial charge in [0.2, 0.25) is 6.79 Å². The smallest absolute Gasteiger partial charge is 0.231 e. The number of aryl methyl sites for hydroxylation is 1. The lowest BCUT2D eigenvalue weighted by Crippen LogP contribution is -2.12. The average molecular weight is 306 g/mol. The zero-order valence-corrected chi connectivity index (χ0v) is 12.9. The molecule has 3 nitrogen and oxygen atoms in total. The monoisotopic (exact) mass is 305 g/mol. The fraction of sp³-hybridized carbons (Fsp3) is 0.294. The van der Waals surface area contributed by atoms with Crippen molar-refractivity contribution in [3.05, 3.63) is 59.2 Å². The minimum Gasteiger partial charge on any atom is -0.454 e. The molecule has 112 valence electrons. The van der Waals surface area contributed by atoms with E-state index in [4.69, 9.17) is 9.47 Å². The molecule has 0 saturated heterocycles. The van der Waals surface area contributed by atoms with Crippen LogP contribution in [-0.4, -0.2) is 6.79 Å². The van der Waals surface area contributed by atoms with Crippen LogP contribution < -0.4 is 14.8 Å². The van der Waals surface area contributed by atoms with Crippen molar-refractivity contribution < 1.29 is 9.47 Å². The van der Waals surface area contributed by atoms with Gasteiger partial charge >= 0.3 is 0 Å². The van der Waals surface area contributed by atoms with Crippen LogP contribution in [0.1, 0.15) is 23.6 Å². The average Bonchev–Trinajstić information content (AvgIpc) is 2.95. The van der Waals surface area contributed by atoms with Crippen LogP contribution in [-0.2, 0) is 19.5 Å². The molecule has 0 unspecified atom stereocenters. The Hall–Kier alpha value is -1.71. The van der Waals surface area contributed by atoms with Gasteiger partial charge in [-0.2, -0.15) is 0 Å². The van der Waals surface area contributed by atoms with Crippen LogP contribution in [0.4, 0.5) is 0 Å². The molecule has 0 radical (unpaired) electrons. The lowest BCUT2D eigenvalue weighted by atomic mass is 10.1. The second-order valence-corrected chi connectivity index (χ2v) is 4.96. The van der Waals surface area contributed by atoms with Crippen molar-refractivity contribution in [2.45, 2.75) is 26.4 Å². The van der Waals surface area contributed by atoms with E-state index in [2.05, 4.69) is 42.6 Å². The molecule has 0 aliphatic carbocycles. The third-order valence-electron chi connectivity index (χ3n) is 3.53. The van der Waals surface area contributed by atoms with Gasteiger partial charge in [0, 0.05) is 13.1 Å². The Kier molecular flexibility index (Phi) is 5.48. The van der Waals surface area contributed by atoms with Gasteiger partial charge in [0.25, 0.3) is 0 Å². The first-order chi connectivity index (χ1) is 9.85. The van der Waals surface area contributed by atoms with Gasteiger partial charge < -0.3 is 14.8 Å². The van der Waals surface area contributed by atoms with Crippen molar-refractivity contribution in [2.75, 3.05) is 6.79 Å². The van der Waals surface area contributed by atoms with E-state index in [0.29, 0.717) is 6.79 Å². The normalized spacial score (nSPS) is 12.0. The Bertz CT molecular complexity index is 584. The molecule has 0 atom stereocenters. The van der Waals surface area contributed by atoms with E-state index in [9.17, 15) is 0 Å². The fourth-order valence-corrected chi connectivity index (χ4v) is 2.29. The van der Waals surface area contributed by atoms with Crippen LogP contribution in [0, 0.1) is 0 Å². The third kappa shape index (κ3) is 3.90. The first-order valence-electron chi connectivity index (χ1n) is 7.02. The van der Waals surface area contributed by atoms with E-state index >= 15 is 0 Å². The van der Waals surface area contributed by atoms with Gasteiger partial charge in [-0.15, -0.1) is 12.4 Å². The zero-order valence-electron chi connectivity index (χ0n) is 12.1. The fourth-order valence-electron chi connectivity index (χ4n) is 2.29. The van der Waals surface area contributed by atoms with Gasteiger partial charge in [0.05, 0.1) is 0 Å². The molecule has 0 bridgehead atoms. The lowest BCUT2D eigenvalue weighted by molar-refractivity contribution is 0.174. The molecule has 1 heterocycles. The molecule has 3 rings (SSSR count). The summed E-state index contributed by atoms with van der Waals surface area (Å²) in [5, 5.41) is 3.45. The SMILES string of the molecule is CCc1ccc(CNCc2ccc3c(c2)OCO3)cc1.Cl. The van der Waals surface area contributed by atoms with Crippen molar-refractivity contribution in [3.63, 3.8) is 0 Å². The van der Waals surface area contributed by atoms with Crippen LogP contribution in [0.25, 0.3) is 0 Å². The van der Waals surface area contributed by atoms with Crippen LogP contribution in [0.2, 0.25) is 0 Å². The topological polar surface area (TPSA) is 30.5 Å². The van der Waals surface area contributed by atoms with Crippen LogP contribution in [0.3, 0.4) is 0 Å². The van der Waals surface area contributed by atoms with Crippen LogP contribution in [0.15, 0.2) is 42.5 Å². The van der Waals surface area contributed by atoms with Crippen molar-refractivity contribution >= 4 is 12.4 Å². The van der Waals surface area contributed by atoms with Crippen molar-refractivity contribution in [1.82, 2.24) is 5.32 Å². The number of fused-ring (bicyclic) bond motifs is 1. The Labute approximate surface area is 131 Å². The van der Waals surface area contributed by atoms with Crippen molar-refractivity contribution in [3.8, 4) is 11.5 Å². The summed E-state index contributed by atoms with van der Waals surface area (Å²) in [6.45, 7) is 4.20. The van der Waals surface area contributed by atoms with Gasteiger partial charge in [-0.1, -0.05) is 37.3 Å². The molecule has 0 spiro atoms. The summed E-state index contributed by atoms with van der Waals surface area (Å²) in [6, 6.07) is 14.8. The van der Waals surface area contributed by atoms with Gasteiger partial charge in [-0.3, -0.25) is 0 Å². The summed E-state index contributed by atoms with van der Waals surface area (Å²) >= 11 is 0. The molecular weight excluding hydrogens is 286 g/mol. The molecule has 0 aromatic heterocycles. The summed E-state index contributed by atoms with van der Waals surface area (Å²) in [7, 11) is 0. The van der Waals surface area contributed by atoms with Gasteiger partial charge in [0.15, 0.2) is 11.5 Å². The molecule has 0 amide bonds. The maximum absolute atomic E-state index is 5.38. The van der Waals surface area contributed by atoms with E-state index in [1.165, 1.54) is 16.7 Å². The second kappa shape index (κ2) is 7.34. The number of nitrogens with one attached hydrogen (secondary N) is 1. The molecule has 4 heteroatoms. The summed E-state index contributed by atoms with van der Waals surface area (Å²) < 4.78 is 10.7. The first kappa shape index (κ1) is 15.7. The van der Waals surface area contributed by atoms with Crippen LogP contribution in [0.5, 0.6) is 11.5 Å². The highest BCUT2D eigenvalue weighted by Gasteiger charge is 2.12. The molecule has 1 aliphatic rings. The van der Waals surface area contributed by atoms with Gasteiger partial charge in [-0.05, 0) is 35.2 Å². The first-order valence-corrected chi connectivity index (χ1v) is 7.02. The number of ether oxygens (including phenoxy) is 2. The highest BCUT2D eigenvalue weighted by Crippen LogP contribution is 2.32. The molecule has 1 aliphatic heterocycles. The van der Waals surface area contributed by atoms with E-state index in [1.54, 1.807) is 0 Å². The summed E-state index contributed by atoms with van der Waals surface area (Å²) in [5.41, 5.74) is 3.90. The van der Waals surface area contributed by atoms with Crippen LogP contribution >= 0.6 is 12.4 Å². The minimum absolute atomic E-state index is 0. The number of hydrogen-bond acceptors (Lipinski definition) is 3. The third-order valence-corrected chi connectivity index (χ3v) is 3.53. The standard InChI is InChI=1S/C17H19NO2.ClH/c1-2-13-3-5-14(6-4-13)10-18-11-15-7-8-16-17(9-15)20-12-19-16;/h3-9,18H,2,10-12H2,1H3;1H. The Morgan fingerprint density at radius 1 is 0.857 bits per heavy atom. The van der Waals surface area contributed by atoms with E-state index < -0.39 is 0 Å². The quantitative estimate of drug-likeness (QED) is 0.914. The Balaban J connectivity index is 0.00000161. The van der Waals surface area contributed by atoms with Crippen molar-refractivity contribution in [1.29, 1.82) is 0 Å². The highest BCUT2D eigenvalue weighted by atomic mass is 35.5. The molecule has 1 N–H and O–H groups in total. The Morgan fingerprint density at radius 2 is 1.48 bits per heavy atom. The molecule has 0 saturated carbocycles. The molecule has 0 fully saturated rings. The molecule has 2 aromatic rings. The summed E-state index contributed by atoms with van der Waals surface area (Å²) in [6.07, 6.45) is 1.09. The minimum atomic E-state index is 0. The maximum atomic E-state index is 5.38. The van der Waals surface area contributed by atoms with Gasteiger partial charge in [0.1, 0.15) is 0 Å². The number of benzene rings is 2. The zero-order chi connectivity index (χ0) is 13.8. The summed E-state index contributed by atoms with van der Waals surface area (Å²) in [4.78, 5) is 0. The highest BCUT2D eigenvalue weighted by molar-refractivity contribution is 5.85. The van der Waals surface area contributed by atoms with Crippen molar-refractivity contribution in [2.24, 2.45) is 0 Å². The van der Waals surface area contributed by atoms with E-state index in [-0.39, 0.29) is 12.4 Å². The number of rotatable bonds is 5. The molecular formula is C17H20ClNO2. The number of halogens is 1. The Morgan fingerprint density at radius 3 is 2.24 bits per heavy atom. The largest absolute Gasteiger partial charge is 0.454 e.